The molecular formula is C11H20N2. The number of hydrogen-bond donors (Lipinski definition) is 1. The third-order valence-electron chi connectivity index (χ3n) is 3.08. The molecule has 13 heavy (non-hydrogen) atoms. The van der Waals surface area contributed by atoms with Crippen molar-refractivity contribution in [3.63, 3.8) is 0 Å². The topological polar surface area (TPSA) is 35.8 Å². The number of nitrogens with zero attached hydrogens (tertiary/aromatic N) is 1. The summed E-state index contributed by atoms with van der Waals surface area (Å²) in [5.74, 6) is 0.854. The van der Waals surface area contributed by atoms with E-state index in [-0.39, 0.29) is 0 Å². The largest absolute Gasteiger partial charge is 0.313 e. The van der Waals surface area contributed by atoms with E-state index >= 15 is 0 Å². The average molecular weight is 180 g/mol. The molecule has 1 aliphatic carbocycles. The minimum Gasteiger partial charge on any atom is -0.313 e. The summed E-state index contributed by atoms with van der Waals surface area (Å²) in [5.41, 5.74) is 0. The summed E-state index contributed by atoms with van der Waals surface area (Å²) in [4.78, 5) is 0. The lowest BCUT2D eigenvalue weighted by atomic mass is 9.83. The van der Waals surface area contributed by atoms with Gasteiger partial charge in [0.15, 0.2) is 0 Å². The first-order valence-electron chi connectivity index (χ1n) is 5.48. The zero-order valence-corrected chi connectivity index (χ0v) is 8.55. The van der Waals surface area contributed by atoms with Crippen molar-refractivity contribution in [2.75, 3.05) is 6.54 Å². The number of hydrogen-bond acceptors (Lipinski definition) is 2. The maximum atomic E-state index is 8.43. The van der Waals surface area contributed by atoms with Gasteiger partial charge in [0.2, 0.25) is 0 Å². The molecule has 0 amide bonds. The minimum absolute atomic E-state index is 0.646. The van der Waals surface area contributed by atoms with E-state index in [0.29, 0.717) is 12.5 Å². The van der Waals surface area contributed by atoms with Gasteiger partial charge in [-0.15, -0.1) is 0 Å². The zero-order chi connectivity index (χ0) is 9.52. The fourth-order valence-electron chi connectivity index (χ4n) is 2.28. The molecule has 0 radical (unpaired) electrons. The second-order valence-corrected chi connectivity index (χ2v) is 3.92. The lowest BCUT2D eigenvalue weighted by Crippen LogP contribution is -2.38. The van der Waals surface area contributed by atoms with Crippen LogP contribution in [0.4, 0.5) is 0 Å². The van der Waals surface area contributed by atoms with Crippen molar-refractivity contribution in [3.8, 4) is 6.07 Å². The van der Waals surface area contributed by atoms with Gasteiger partial charge >= 0.3 is 0 Å². The monoisotopic (exact) mass is 180 g/mol. The summed E-state index contributed by atoms with van der Waals surface area (Å²) >= 11 is 0. The molecule has 0 bridgehead atoms. The summed E-state index contributed by atoms with van der Waals surface area (Å²) in [5, 5.41) is 11.9. The number of rotatable bonds is 4. The van der Waals surface area contributed by atoms with E-state index in [1.807, 2.05) is 0 Å². The maximum Gasteiger partial charge on any atom is 0.0635 e. The fraction of sp³-hybridized carbons (Fsp3) is 0.909. The molecule has 2 nitrogen and oxygen atoms in total. The summed E-state index contributed by atoms with van der Waals surface area (Å²) in [6.45, 7) is 3.15. The highest BCUT2D eigenvalue weighted by molar-refractivity contribution is 4.81. The minimum atomic E-state index is 0.646. The van der Waals surface area contributed by atoms with Gasteiger partial charge in [-0.25, -0.2) is 0 Å². The van der Waals surface area contributed by atoms with Crippen molar-refractivity contribution < 1.29 is 0 Å². The standard InChI is InChI=1S/C11H20N2/c1-2-10-6-3-4-7-11(10)13-9-5-8-12/h10-11,13H,2-7,9H2,1H3. The Hall–Kier alpha value is -0.550. The predicted molar refractivity (Wildman–Crippen MR) is 54.3 cm³/mol. The molecule has 0 saturated heterocycles. The predicted octanol–water partition coefficient (Wildman–Crippen LogP) is 2.46. The lowest BCUT2D eigenvalue weighted by Gasteiger charge is -2.31. The maximum absolute atomic E-state index is 8.43. The summed E-state index contributed by atoms with van der Waals surface area (Å²) in [6.07, 6.45) is 7.37. The normalized spacial score (nSPS) is 28.3. The second-order valence-electron chi connectivity index (χ2n) is 3.92. The first kappa shape index (κ1) is 10.5. The van der Waals surface area contributed by atoms with Gasteiger partial charge in [-0.3, -0.25) is 0 Å². The van der Waals surface area contributed by atoms with Crippen LogP contribution in [-0.2, 0) is 0 Å². The SMILES string of the molecule is CCC1CCCCC1NCCC#N. The van der Waals surface area contributed by atoms with Gasteiger partial charge in [-0.2, -0.15) is 5.26 Å². The molecule has 2 unspecified atom stereocenters. The molecule has 1 N–H and O–H groups in total. The molecule has 0 aliphatic heterocycles. The molecule has 0 aromatic carbocycles. The Labute approximate surface area is 81.3 Å². The Morgan fingerprint density at radius 2 is 2.15 bits per heavy atom. The van der Waals surface area contributed by atoms with Crippen LogP contribution in [0.3, 0.4) is 0 Å². The molecule has 0 spiro atoms. The van der Waals surface area contributed by atoms with Crippen LogP contribution in [0.5, 0.6) is 0 Å². The van der Waals surface area contributed by atoms with Gasteiger partial charge in [-0.1, -0.05) is 26.2 Å². The quantitative estimate of drug-likeness (QED) is 0.675. The third-order valence-corrected chi connectivity index (χ3v) is 3.08. The molecule has 1 saturated carbocycles. The molecule has 2 atom stereocenters. The van der Waals surface area contributed by atoms with Crippen molar-refractivity contribution in [2.45, 2.75) is 51.5 Å². The van der Waals surface area contributed by atoms with E-state index in [1.54, 1.807) is 0 Å². The Bertz CT molecular complexity index is 171. The van der Waals surface area contributed by atoms with Gasteiger partial charge in [0.05, 0.1) is 6.07 Å². The van der Waals surface area contributed by atoms with Gasteiger partial charge in [0.1, 0.15) is 0 Å². The van der Waals surface area contributed by atoms with Crippen molar-refractivity contribution in [1.82, 2.24) is 5.32 Å². The fourth-order valence-corrected chi connectivity index (χ4v) is 2.28. The highest BCUT2D eigenvalue weighted by Crippen LogP contribution is 2.26. The van der Waals surface area contributed by atoms with Crippen LogP contribution in [-0.4, -0.2) is 12.6 Å². The van der Waals surface area contributed by atoms with E-state index in [9.17, 15) is 0 Å². The van der Waals surface area contributed by atoms with Crippen LogP contribution in [0.1, 0.15) is 45.4 Å². The Morgan fingerprint density at radius 1 is 1.38 bits per heavy atom. The molecule has 1 fully saturated rings. The van der Waals surface area contributed by atoms with Crippen molar-refractivity contribution in [2.24, 2.45) is 5.92 Å². The first-order chi connectivity index (χ1) is 6.38. The lowest BCUT2D eigenvalue weighted by molar-refractivity contribution is 0.257. The van der Waals surface area contributed by atoms with Gasteiger partial charge in [0, 0.05) is 19.0 Å². The van der Waals surface area contributed by atoms with E-state index < -0.39 is 0 Å². The zero-order valence-electron chi connectivity index (χ0n) is 8.55. The highest BCUT2D eigenvalue weighted by Gasteiger charge is 2.22. The van der Waals surface area contributed by atoms with Crippen LogP contribution in [0.2, 0.25) is 0 Å². The Balaban J connectivity index is 2.24. The van der Waals surface area contributed by atoms with Crippen LogP contribution in [0.15, 0.2) is 0 Å². The number of nitriles is 1. The summed E-state index contributed by atoms with van der Waals surface area (Å²) in [6, 6.07) is 2.86. The third kappa shape index (κ3) is 3.36. The average Bonchev–Trinajstić information content (AvgIpc) is 2.19. The van der Waals surface area contributed by atoms with Crippen LogP contribution >= 0.6 is 0 Å². The van der Waals surface area contributed by atoms with Gasteiger partial charge < -0.3 is 5.32 Å². The summed E-state index contributed by atoms with van der Waals surface area (Å²) < 4.78 is 0. The second kappa shape index (κ2) is 5.99. The van der Waals surface area contributed by atoms with Crippen molar-refractivity contribution in [1.29, 1.82) is 5.26 Å². The molecule has 1 aliphatic rings. The molecule has 0 aromatic rings. The Kier molecular flexibility index (Phi) is 4.85. The van der Waals surface area contributed by atoms with E-state index in [0.717, 1.165) is 12.5 Å². The molecule has 1 rings (SSSR count). The first-order valence-corrected chi connectivity index (χ1v) is 5.48. The summed E-state index contributed by atoms with van der Waals surface area (Å²) in [7, 11) is 0. The Morgan fingerprint density at radius 3 is 2.85 bits per heavy atom. The van der Waals surface area contributed by atoms with Crippen molar-refractivity contribution in [3.05, 3.63) is 0 Å². The van der Waals surface area contributed by atoms with Crippen LogP contribution in [0.25, 0.3) is 0 Å². The number of nitrogens with one attached hydrogen (secondary N) is 1. The van der Waals surface area contributed by atoms with Crippen LogP contribution < -0.4 is 5.32 Å². The van der Waals surface area contributed by atoms with Crippen molar-refractivity contribution >= 4 is 0 Å². The molecule has 74 valence electrons. The molecule has 0 aromatic heterocycles. The smallest absolute Gasteiger partial charge is 0.0635 e. The highest BCUT2D eigenvalue weighted by atomic mass is 14.9. The van der Waals surface area contributed by atoms with Gasteiger partial charge in [0.25, 0.3) is 0 Å². The van der Waals surface area contributed by atoms with Gasteiger partial charge in [-0.05, 0) is 18.8 Å². The van der Waals surface area contributed by atoms with E-state index in [1.165, 1.54) is 32.1 Å². The molecular weight excluding hydrogens is 160 g/mol. The van der Waals surface area contributed by atoms with E-state index in [2.05, 4.69) is 18.3 Å². The van der Waals surface area contributed by atoms with E-state index in [4.69, 9.17) is 5.26 Å². The molecule has 0 heterocycles. The van der Waals surface area contributed by atoms with Crippen LogP contribution in [0, 0.1) is 17.2 Å². The molecule has 2 heteroatoms.